The fraction of sp³-hybridized carbons (Fsp3) is 0.619. The first-order valence-corrected chi connectivity index (χ1v) is 10.9. The lowest BCUT2D eigenvalue weighted by Crippen LogP contribution is -2.47. The summed E-state index contributed by atoms with van der Waals surface area (Å²) in [6, 6.07) is -0.422. The van der Waals surface area contributed by atoms with Gasteiger partial charge in [-0.15, -0.1) is 0 Å². The number of likely N-dealkylation sites (tertiary alicyclic amines) is 1. The Bertz CT molecular complexity index is 560. The quantitative estimate of drug-likeness (QED) is 0.594. The van der Waals surface area contributed by atoms with Crippen LogP contribution in [0.2, 0.25) is 0 Å². The summed E-state index contributed by atoms with van der Waals surface area (Å²) in [7, 11) is 0. The van der Waals surface area contributed by atoms with Gasteiger partial charge in [-0.1, -0.05) is 74.4 Å². The molecular weight excluding hydrogens is 397 g/mol. The van der Waals surface area contributed by atoms with Crippen molar-refractivity contribution in [3.05, 3.63) is 34.9 Å². The van der Waals surface area contributed by atoms with Crippen molar-refractivity contribution >= 4 is 35.0 Å². The minimum absolute atomic E-state index is 0.0747. The molecule has 2 rings (SSSR count). The van der Waals surface area contributed by atoms with Crippen LogP contribution in [0.5, 0.6) is 0 Å². The van der Waals surface area contributed by atoms with Gasteiger partial charge in [-0.2, -0.15) is 0 Å². The second kappa shape index (κ2) is 14.7. The van der Waals surface area contributed by atoms with E-state index >= 15 is 0 Å². The van der Waals surface area contributed by atoms with Crippen LogP contribution in [0.4, 0.5) is 0 Å². The van der Waals surface area contributed by atoms with Crippen molar-refractivity contribution in [1.29, 1.82) is 0 Å². The van der Waals surface area contributed by atoms with E-state index in [9.17, 15) is 9.59 Å². The van der Waals surface area contributed by atoms with E-state index in [1.165, 1.54) is 44.6 Å². The highest BCUT2D eigenvalue weighted by atomic mass is 35.5. The number of hydrogen-bond acceptors (Lipinski definition) is 3. The molecule has 0 bridgehead atoms. The van der Waals surface area contributed by atoms with Crippen molar-refractivity contribution in [2.24, 2.45) is 5.73 Å². The molecule has 1 aliphatic heterocycles. The molecule has 158 valence electrons. The van der Waals surface area contributed by atoms with E-state index in [4.69, 9.17) is 28.9 Å². The molecule has 2 aliphatic rings. The zero-order chi connectivity index (χ0) is 20.8. The fourth-order valence-electron chi connectivity index (χ4n) is 3.26. The van der Waals surface area contributed by atoms with Gasteiger partial charge in [0.05, 0.1) is 6.54 Å². The Hall–Kier alpha value is -1.30. The average Bonchev–Trinajstić information content (AvgIpc) is 3.23. The predicted octanol–water partition coefficient (Wildman–Crippen LogP) is 4.21. The first kappa shape index (κ1) is 24.7. The van der Waals surface area contributed by atoms with E-state index in [2.05, 4.69) is 11.9 Å². The second-order valence-corrected chi connectivity index (χ2v) is 7.90. The molecule has 1 heterocycles. The van der Waals surface area contributed by atoms with Gasteiger partial charge in [0, 0.05) is 29.6 Å². The van der Waals surface area contributed by atoms with Crippen molar-refractivity contribution in [1.82, 2.24) is 10.2 Å². The molecule has 1 atom stereocenters. The normalized spacial score (nSPS) is 20.2. The molecule has 0 radical (unpaired) electrons. The van der Waals surface area contributed by atoms with Gasteiger partial charge in [0.25, 0.3) is 0 Å². The first-order valence-electron chi connectivity index (χ1n) is 10.1. The van der Waals surface area contributed by atoms with E-state index < -0.39 is 6.04 Å². The van der Waals surface area contributed by atoms with Crippen LogP contribution in [0.1, 0.15) is 57.8 Å². The van der Waals surface area contributed by atoms with Crippen molar-refractivity contribution in [3.8, 4) is 0 Å². The number of halogens is 2. The van der Waals surface area contributed by atoms with Gasteiger partial charge in [0.1, 0.15) is 6.04 Å². The second-order valence-electron chi connectivity index (χ2n) is 6.98. The van der Waals surface area contributed by atoms with Crippen LogP contribution in [-0.4, -0.2) is 42.4 Å². The Labute approximate surface area is 179 Å². The van der Waals surface area contributed by atoms with Crippen molar-refractivity contribution in [3.63, 3.8) is 0 Å². The number of nitrogens with zero attached hydrogens (tertiary/aromatic N) is 1. The van der Waals surface area contributed by atoms with Crippen LogP contribution in [0.3, 0.4) is 0 Å². The maximum absolute atomic E-state index is 12.1. The summed E-state index contributed by atoms with van der Waals surface area (Å²) in [5, 5.41) is 3.85. The van der Waals surface area contributed by atoms with Crippen LogP contribution < -0.4 is 11.1 Å². The largest absolute Gasteiger partial charge is 0.354 e. The number of hydrogen-bond donors (Lipinski definition) is 2. The molecule has 3 N–H and O–H groups in total. The van der Waals surface area contributed by atoms with Gasteiger partial charge in [-0.05, 0) is 25.0 Å². The van der Waals surface area contributed by atoms with Crippen molar-refractivity contribution in [2.45, 2.75) is 63.8 Å². The third-order valence-electron chi connectivity index (χ3n) is 4.83. The van der Waals surface area contributed by atoms with Crippen LogP contribution >= 0.6 is 23.2 Å². The fourth-order valence-corrected chi connectivity index (χ4v) is 3.48. The molecule has 2 amide bonds. The lowest BCUT2D eigenvalue weighted by atomic mass is 10.0. The molecule has 28 heavy (non-hydrogen) atoms. The molecule has 0 aromatic rings. The molecule has 0 aromatic heterocycles. The summed E-state index contributed by atoms with van der Waals surface area (Å²) < 4.78 is 0. The standard InChI is InChI=1S/C15H21Cl2N3O2.C6H12/c1-2-11(16)5-6-12(17)7-8-19-15(22)13-4-3-9-20(13)14(21)10-18;1-2-4-6-5-3-1/h2,5-6,13H,1,3-4,7-10,18H2,(H,19,22);1-6H2/b11-5+,12-6+;/t13-;/m0./s1. The van der Waals surface area contributed by atoms with Gasteiger partial charge in [0.2, 0.25) is 11.8 Å². The van der Waals surface area contributed by atoms with Crippen LogP contribution in [0.25, 0.3) is 0 Å². The van der Waals surface area contributed by atoms with E-state index in [1.54, 1.807) is 17.1 Å². The number of rotatable bonds is 7. The Morgan fingerprint density at radius 2 is 1.68 bits per heavy atom. The summed E-state index contributed by atoms with van der Waals surface area (Å²) in [6.07, 6.45) is 15.8. The molecule has 1 saturated carbocycles. The number of nitrogens with one attached hydrogen (secondary N) is 1. The zero-order valence-electron chi connectivity index (χ0n) is 16.6. The Morgan fingerprint density at radius 3 is 2.21 bits per heavy atom. The average molecular weight is 430 g/mol. The number of carbonyl (C=O) groups is 2. The van der Waals surface area contributed by atoms with E-state index in [-0.39, 0.29) is 18.4 Å². The SMILES string of the molecule is C1CCCCC1.C=C/C(Cl)=C\C=C(\Cl)CCNC(=O)[C@@H]1CCCN1C(=O)CN. The lowest BCUT2D eigenvalue weighted by Gasteiger charge is -2.23. The zero-order valence-corrected chi connectivity index (χ0v) is 18.1. The molecule has 1 aliphatic carbocycles. The number of amides is 2. The Morgan fingerprint density at radius 1 is 1.07 bits per heavy atom. The number of carbonyl (C=O) groups excluding carboxylic acids is 2. The van der Waals surface area contributed by atoms with Gasteiger partial charge < -0.3 is 16.0 Å². The number of allylic oxidation sites excluding steroid dienone is 4. The smallest absolute Gasteiger partial charge is 0.242 e. The highest BCUT2D eigenvalue weighted by Gasteiger charge is 2.32. The molecule has 0 spiro atoms. The molecule has 0 unspecified atom stereocenters. The van der Waals surface area contributed by atoms with Crippen LogP contribution in [0.15, 0.2) is 34.9 Å². The molecule has 7 heteroatoms. The van der Waals surface area contributed by atoms with E-state index in [0.717, 1.165) is 6.42 Å². The molecule has 2 fully saturated rings. The van der Waals surface area contributed by atoms with Gasteiger partial charge in [-0.25, -0.2) is 0 Å². The van der Waals surface area contributed by atoms with Crippen molar-refractivity contribution in [2.75, 3.05) is 19.6 Å². The van der Waals surface area contributed by atoms with Gasteiger partial charge in [-0.3, -0.25) is 9.59 Å². The highest BCUT2D eigenvalue weighted by molar-refractivity contribution is 6.32. The van der Waals surface area contributed by atoms with Crippen LogP contribution in [0, 0.1) is 0 Å². The molecule has 0 aromatic carbocycles. The van der Waals surface area contributed by atoms with Crippen molar-refractivity contribution < 1.29 is 9.59 Å². The monoisotopic (exact) mass is 429 g/mol. The first-order chi connectivity index (χ1) is 13.5. The summed E-state index contributed by atoms with van der Waals surface area (Å²) in [4.78, 5) is 25.3. The predicted molar refractivity (Wildman–Crippen MR) is 117 cm³/mol. The van der Waals surface area contributed by atoms with Crippen LogP contribution in [-0.2, 0) is 9.59 Å². The highest BCUT2D eigenvalue weighted by Crippen LogP contribution is 2.17. The third kappa shape index (κ3) is 9.76. The Kier molecular flexibility index (Phi) is 13.0. The van der Waals surface area contributed by atoms with E-state index in [1.807, 2.05) is 0 Å². The summed E-state index contributed by atoms with van der Waals surface area (Å²) in [5.74, 6) is -0.358. The number of nitrogens with two attached hydrogens (primary N) is 1. The molecular formula is C21H33Cl2N3O2. The van der Waals surface area contributed by atoms with E-state index in [0.29, 0.717) is 36.0 Å². The minimum Gasteiger partial charge on any atom is -0.354 e. The summed E-state index contributed by atoms with van der Waals surface area (Å²) in [5.41, 5.74) is 5.35. The van der Waals surface area contributed by atoms with Gasteiger partial charge in [0.15, 0.2) is 0 Å². The topological polar surface area (TPSA) is 75.4 Å². The maximum atomic E-state index is 12.1. The minimum atomic E-state index is -0.422. The summed E-state index contributed by atoms with van der Waals surface area (Å²) >= 11 is 11.8. The lowest BCUT2D eigenvalue weighted by molar-refractivity contribution is -0.137. The molecule has 5 nitrogen and oxygen atoms in total. The molecule has 1 saturated heterocycles. The maximum Gasteiger partial charge on any atom is 0.242 e. The van der Waals surface area contributed by atoms with Gasteiger partial charge >= 0.3 is 0 Å². The Balaban J connectivity index is 0.000000552. The third-order valence-corrected chi connectivity index (χ3v) is 5.43. The summed E-state index contributed by atoms with van der Waals surface area (Å²) in [6.45, 7) is 4.43.